The van der Waals surface area contributed by atoms with Crippen LogP contribution in [0.4, 0.5) is 0 Å². The van der Waals surface area contributed by atoms with Gasteiger partial charge in [0.1, 0.15) is 0 Å². The molecule has 0 heterocycles. The van der Waals surface area contributed by atoms with Crippen LogP contribution in [0.5, 0.6) is 0 Å². The molecule has 2 unspecified atom stereocenters. The molecule has 4 bridgehead atoms. The maximum atomic E-state index is 2.70. The van der Waals surface area contributed by atoms with Gasteiger partial charge in [-0.25, -0.2) is 0 Å². The number of rotatable bonds is 5. The maximum Gasteiger partial charge on any atom is -0.00311 e. The van der Waals surface area contributed by atoms with Crippen LogP contribution >= 0.6 is 0 Å². The van der Waals surface area contributed by atoms with Gasteiger partial charge < -0.3 is 0 Å². The first-order valence-corrected chi connectivity index (χ1v) is 12.7. The van der Waals surface area contributed by atoms with Gasteiger partial charge in [0.25, 0.3) is 0 Å². The first kappa shape index (κ1) is 19.1. The smallest absolute Gasteiger partial charge is 0.00311 e. The van der Waals surface area contributed by atoms with E-state index in [9.17, 15) is 0 Å². The summed E-state index contributed by atoms with van der Waals surface area (Å²) in [6.45, 7) is 5.39. The van der Waals surface area contributed by atoms with Crippen LogP contribution in [0.3, 0.4) is 0 Å². The third kappa shape index (κ3) is 2.78. The second-order valence-corrected chi connectivity index (χ2v) is 11.9. The molecule has 0 spiro atoms. The Bertz CT molecular complexity index is 809. The molecule has 0 heteroatoms. The van der Waals surface area contributed by atoms with Crippen molar-refractivity contribution in [3.8, 4) is 0 Å². The number of fused-ring (bicyclic) bond motifs is 4. The first-order chi connectivity index (χ1) is 14.6. The molecular formula is C30H38. The fourth-order valence-electron chi connectivity index (χ4n) is 9.29. The van der Waals surface area contributed by atoms with Crippen LogP contribution in [-0.4, -0.2) is 0 Å². The van der Waals surface area contributed by atoms with Crippen molar-refractivity contribution in [2.24, 2.45) is 34.5 Å². The zero-order valence-corrected chi connectivity index (χ0v) is 18.9. The highest BCUT2D eigenvalue weighted by Crippen LogP contribution is 2.70. The fraction of sp³-hybridized carbons (Fsp3) is 0.600. The lowest BCUT2D eigenvalue weighted by Crippen LogP contribution is -2.43. The Morgan fingerprint density at radius 3 is 1.30 bits per heavy atom. The van der Waals surface area contributed by atoms with E-state index in [1.54, 1.807) is 11.1 Å². The minimum Gasteiger partial charge on any atom is -0.0622 e. The standard InChI is InChI=1S/C30H38/c1-29(19-21-13-15-25(29)17-21)27(23-9-5-3-6-10-23)28(24-11-7-4-8-12-24)30(2)20-22-14-16-26(30)18-22/h3-12,21-22,25-28H,13-20H2,1-2H3/t21-,22+,25+,26-,27?,28?,29+,30-. The Balaban J connectivity index is 1.53. The van der Waals surface area contributed by atoms with E-state index in [2.05, 4.69) is 74.5 Å². The summed E-state index contributed by atoms with van der Waals surface area (Å²) in [5.41, 5.74) is 4.11. The average molecular weight is 399 g/mol. The lowest BCUT2D eigenvalue weighted by molar-refractivity contribution is 0.0495. The van der Waals surface area contributed by atoms with Crippen LogP contribution in [0.15, 0.2) is 60.7 Å². The predicted octanol–water partition coefficient (Wildman–Crippen LogP) is 8.21. The summed E-state index contributed by atoms with van der Waals surface area (Å²) in [4.78, 5) is 0. The molecule has 0 aromatic heterocycles. The SMILES string of the molecule is C[C@@]1(C(c2ccccc2)C(c2ccccc2)[C@@]2(C)C[C@@H]3CC[C@H]2C3)C[C@H]2CC[C@@H]1C2. The van der Waals surface area contributed by atoms with E-state index >= 15 is 0 Å². The zero-order chi connectivity index (χ0) is 20.3. The van der Waals surface area contributed by atoms with Crippen LogP contribution in [0, 0.1) is 34.5 Å². The van der Waals surface area contributed by atoms with E-state index in [1.807, 2.05) is 0 Å². The van der Waals surface area contributed by atoms with Crippen LogP contribution < -0.4 is 0 Å². The van der Waals surface area contributed by atoms with Crippen LogP contribution in [0.2, 0.25) is 0 Å². The second kappa shape index (κ2) is 6.98. The molecule has 30 heavy (non-hydrogen) atoms. The summed E-state index contributed by atoms with van der Waals surface area (Å²) >= 11 is 0. The summed E-state index contributed by atoms with van der Waals surface area (Å²) in [5.74, 6) is 5.08. The molecule has 0 saturated heterocycles. The Morgan fingerprint density at radius 2 is 1.00 bits per heavy atom. The van der Waals surface area contributed by atoms with Crippen LogP contribution in [-0.2, 0) is 0 Å². The van der Waals surface area contributed by atoms with Gasteiger partial charge in [0, 0.05) is 0 Å². The van der Waals surface area contributed by atoms with Gasteiger partial charge in [-0.05, 0) is 96.0 Å². The van der Waals surface area contributed by atoms with E-state index in [1.165, 1.54) is 51.4 Å². The molecule has 2 aromatic carbocycles. The molecule has 4 aliphatic rings. The summed E-state index contributed by atoms with van der Waals surface area (Å²) in [6.07, 6.45) is 11.8. The van der Waals surface area contributed by atoms with Gasteiger partial charge in [0.05, 0.1) is 0 Å². The average Bonchev–Trinajstić information content (AvgIpc) is 3.54. The molecule has 6 rings (SSSR count). The first-order valence-electron chi connectivity index (χ1n) is 12.7. The van der Waals surface area contributed by atoms with Gasteiger partial charge in [0.15, 0.2) is 0 Å². The third-order valence-corrected chi connectivity index (χ3v) is 10.5. The van der Waals surface area contributed by atoms with E-state index in [0.717, 1.165) is 23.7 Å². The van der Waals surface area contributed by atoms with E-state index in [4.69, 9.17) is 0 Å². The van der Waals surface area contributed by atoms with Crippen molar-refractivity contribution in [3.05, 3.63) is 71.8 Å². The third-order valence-electron chi connectivity index (χ3n) is 10.5. The molecule has 4 saturated carbocycles. The molecule has 2 aromatic rings. The van der Waals surface area contributed by atoms with Crippen LogP contribution in [0.1, 0.15) is 88.2 Å². The lowest BCUT2D eigenvalue weighted by Gasteiger charge is -2.53. The van der Waals surface area contributed by atoms with Crippen molar-refractivity contribution in [2.75, 3.05) is 0 Å². The van der Waals surface area contributed by atoms with Gasteiger partial charge in [-0.2, -0.15) is 0 Å². The van der Waals surface area contributed by atoms with Gasteiger partial charge in [-0.3, -0.25) is 0 Å². The quantitative estimate of drug-likeness (QED) is 0.476. The van der Waals surface area contributed by atoms with Gasteiger partial charge in [-0.1, -0.05) is 87.4 Å². The summed E-state index contributed by atoms with van der Waals surface area (Å²) in [7, 11) is 0. The van der Waals surface area contributed by atoms with Crippen molar-refractivity contribution < 1.29 is 0 Å². The van der Waals surface area contributed by atoms with Gasteiger partial charge >= 0.3 is 0 Å². The lowest BCUT2D eigenvalue weighted by atomic mass is 9.51. The van der Waals surface area contributed by atoms with E-state index in [0.29, 0.717) is 22.7 Å². The van der Waals surface area contributed by atoms with Gasteiger partial charge in [-0.15, -0.1) is 0 Å². The Kier molecular flexibility index (Phi) is 4.45. The van der Waals surface area contributed by atoms with E-state index < -0.39 is 0 Å². The Labute approximate surface area is 183 Å². The number of hydrogen-bond acceptors (Lipinski definition) is 0. The molecule has 4 aliphatic carbocycles. The van der Waals surface area contributed by atoms with Crippen molar-refractivity contribution in [1.29, 1.82) is 0 Å². The number of benzene rings is 2. The highest BCUT2D eigenvalue weighted by molar-refractivity contribution is 5.35. The fourth-order valence-corrected chi connectivity index (χ4v) is 9.29. The molecule has 8 atom stereocenters. The largest absolute Gasteiger partial charge is 0.0622 e. The Morgan fingerprint density at radius 1 is 0.600 bits per heavy atom. The van der Waals surface area contributed by atoms with Crippen molar-refractivity contribution >= 4 is 0 Å². The highest BCUT2D eigenvalue weighted by Gasteiger charge is 2.60. The van der Waals surface area contributed by atoms with Crippen molar-refractivity contribution in [3.63, 3.8) is 0 Å². The predicted molar refractivity (Wildman–Crippen MR) is 125 cm³/mol. The molecule has 0 aliphatic heterocycles. The van der Waals surface area contributed by atoms with Gasteiger partial charge in [0.2, 0.25) is 0 Å². The zero-order valence-electron chi connectivity index (χ0n) is 18.9. The normalized spacial score (nSPS) is 41.3. The molecule has 0 N–H and O–H groups in total. The highest BCUT2D eigenvalue weighted by atomic mass is 14.6. The van der Waals surface area contributed by atoms with E-state index in [-0.39, 0.29) is 0 Å². The monoisotopic (exact) mass is 398 g/mol. The molecule has 0 radical (unpaired) electrons. The molecule has 0 amide bonds. The molecular weight excluding hydrogens is 360 g/mol. The minimum absolute atomic E-state index is 0.440. The topological polar surface area (TPSA) is 0 Å². The summed E-state index contributed by atoms with van der Waals surface area (Å²) < 4.78 is 0. The number of hydrogen-bond donors (Lipinski definition) is 0. The molecule has 4 fully saturated rings. The summed E-state index contributed by atoms with van der Waals surface area (Å²) in [5, 5.41) is 0. The Hall–Kier alpha value is -1.56. The van der Waals surface area contributed by atoms with Crippen molar-refractivity contribution in [1.82, 2.24) is 0 Å². The minimum atomic E-state index is 0.440. The second-order valence-electron chi connectivity index (χ2n) is 11.9. The molecule has 0 nitrogen and oxygen atoms in total. The van der Waals surface area contributed by atoms with Crippen LogP contribution in [0.25, 0.3) is 0 Å². The molecule has 158 valence electrons. The summed E-state index contributed by atoms with van der Waals surface area (Å²) in [6, 6.07) is 23.5. The van der Waals surface area contributed by atoms with Crippen molar-refractivity contribution in [2.45, 2.75) is 77.0 Å². The maximum absolute atomic E-state index is 2.70.